The van der Waals surface area contributed by atoms with Gasteiger partial charge in [-0.05, 0) is 32.4 Å². The molecule has 0 heterocycles. The number of hydrogen-bond acceptors (Lipinski definition) is 3. The predicted molar refractivity (Wildman–Crippen MR) is 74.2 cm³/mol. The first-order chi connectivity index (χ1) is 8.10. The molecule has 0 spiro atoms. The molecule has 0 atom stereocenters. The first-order valence-electron chi connectivity index (χ1n) is 5.85. The van der Waals surface area contributed by atoms with Crippen LogP contribution < -0.4 is 5.73 Å². The number of carbonyl (C=O) groups is 1. The summed E-state index contributed by atoms with van der Waals surface area (Å²) in [5.74, 6) is 0.621. The normalized spacial score (nSPS) is 10.3. The first-order valence-corrected chi connectivity index (χ1v) is 6.84. The summed E-state index contributed by atoms with van der Waals surface area (Å²) in [6, 6.07) is 5.91. The van der Waals surface area contributed by atoms with Crippen molar-refractivity contribution >= 4 is 23.4 Å². The number of para-hydroxylation sites is 1. The van der Waals surface area contributed by atoms with Crippen LogP contribution in [0.3, 0.4) is 0 Å². The molecule has 0 radical (unpaired) electrons. The molecule has 0 aliphatic carbocycles. The fourth-order valence-electron chi connectivity index (χ4n) is 1.59. The molecule has 3 nitrogen and oxygen atoms in total. The topological polar surface area (TPSA) is 46.3 Å². The van der Waals surface area contributed by atoms with Gasteiger partial charge >= 0.3 is 0 Å². The Labute approximate surface area is 107 Å². The summed E-state index contributed by atoms with van der Waals surface area (Å²) in [5, 5.41) is 0. The third kappa shape index (κ3) is 3.66. The van der Waals surface area contributed by atoms with E-state index in [9.17, 15) is 4.79 Å². The lowest BCUT2D eigenvalue weighted by atomic mass is 10.2. The molecular weight excluding hydrogens is 232 g/mol. The molecule has 0 fully saturated rings. The lowest BCUT2D eigenvalue weighted by Crippen LogP contribution is -2.31. The number of anilines is 1. The van der Waals surface area contributed by atoms with Crippen LogP contribution in [0.15, 0.2) is 23.1 Å². The van der Waals surface area contributed by atoms with Gasteiger partial charge in [0.25, 0.3) is 0 Å². The summed E-state index contributed by atoms with van der Waals surface area (Å²) in [5.41, 5.74) is 7.81. The van der Waals surface area contributed by atoms with E-state index in [2.05, 4.69) is 0 Å². The van der Waals surface area contributed by atoms with Gasteiger partial charge in [0.1, 0.15) is 0 Å². The standard InChI is InChI=1S/C13H20N2OS/c1-4-15(5-2)12(16)9-17-11-8-6-7-10(3)13(11)14/h6-8H,4-5,9,14H2,1-3H3. The lowest BCUT2D eigenvalue weighted by Gasteiger charge is -2.18. The number of benzene rings is 1. The molecule has 4 heteroatoms. The Morgan fingerprint density at radius 2 is 2.00 bits per heavy atom. The Hall–Kier alpha value is -1.16. The second-order valence-electron chi connectivity index (χ2n) is 3.84. The zero-order valence-corrected chi connectivity index (χ0v) is 11.5. The van der Waals surface area contributed by atoms with Crippen LogP contribution >= 0.6 is 11.8 Å². The van der Waals surface area contributed by atoms with E-state index in [0.717, 1.165) is 29.2 Å². The number of thioether (sulfide) groups is 1. The minimum absolute atomic E-state index is 0.168. The number of carbonyl (C=O) groups excluding carboxylic acids is 1. The molecule has 0 saturated heterocycles. The highest BCUT2D eigenvalue weighted by Gasteiger charge is 2.11. The molecular formula is C13H20N2OS. The van der Waals surface area contributed by atoms with Crippen LogP contribution in [0.2, 0.25) is 0 Å². The van der Waals surface area contributed by atoms with Gasteiger partial charge in [-0.2, -0.15) is 0 Å². The summed E-state index contributed by atoms with van der Waals surface area (Å²) in [6.45, 7) is 7.49. The Morgan fingerprint density at radius 1 is 1.35 bits per heavy atom. The number of nitrogens with two attached hydrogens (primary N) is 1. The summed E-state index contributed by atoms with van der Waals surface area (Å²) >= 11 is 1.51. The number of aryl methyl sites for hydroxylation is 1. The molecule has 1 aromatic rings. The minimum atomic E-state index is 0.168. The van der Waals surface area contributed by atoms with Gasteiger partial charge < -0.3 is 10.6 Å². The molecule has 0 saturated carbocycles. The highest BCUT2D eigenvalue weighted by Crippen LogP contribution is 2.27. The summed E-state index contributed by atoms with van der Waals surface area (Å²) in [6.07, 6.45) is 0. The SMILES string of the molecule is CCN(CC)C(=O)CSc1cccc(C)c1N. The van der Waals surface area contributed by atoms with E-state index >= 15 is 0 Å². The monoisotopic (exact) mass is 252 g/mol. The highest BCUT2D eigenvalue weighted by molar-refractivity contribution is 8.00. The van der Waals surface area contributed by atoms with Crippen molar-refractivity contribution < 1.29 is 4.79 Å². The van der Waals surface area contributed by atoms with Gasteiger partial charge in [-0.25, -0.2) is 0 Å². The van der Waals surface area contributed by atoms with Crippen LogP contribution in [-0.4, -0.2) is 29.6 Å². The third-order valence-corrected chi connectivity index (χ3v) is 3.81. The number of rotatable bonds is 5. The summed E-state index contributed by atoms with van der Waals surface area (Å²) in [4.78, 5) is 14.7. The van der Waals surface area contributed by atoms with Gasteiger partial charge in [0.05, 0.1) is 5.75 Å². The van der Waals surface area contributed by atoms with Crippen molar-refractivity contribution in [2.75, 3.05) is 24.6 Å². The lowest BCUT2D eigenvalue weighted by molar-refractivity contribution is -0.127. The Balaban J connectivity index is 2.61. The van der Waals surface area contributed by atoms with Crippen molar-refractivity contribution in [2.24, 2.45) is 0 Å². The molecule has 0 aliphatic heterocycles. The zero-order chi connectivity index (χ0) is 12.8. The highest BCUT2D eigenvalue weighted by atomic mass is 32.2. The van der Waals surface area contributed by atoms with Gasteiger partial charge in [-0.15, -0.1) is 11.8 Å². The first kappa shape index (κ1) is 13.9. The minimum Gasteiger partial charge on any atom is -0.398 e. The maximum absolute atomic E-state index is 11.8. The van der Waals surface area contributed by atoms with Crippen LogP contribution in [0.5, 0.6) is 0 Å². The molecule has 17 heavy (non-hydrogen) atoms. The van der Waals surface area contributed by atoms with Crippen molar-refractivity contribution in [3.63, 3.8) is 0 Å². The number of hydrogen-bond donors (Lipinski definition) is 1. The molecule has 0 aromatic heterocycles. The fourth-order valence-corrected chi connectivity index (χ4v) is 2.54. The van der Waals surface area contributed by atoms with E-state index in [1.54, 1.807) is 0 Å². The van der Waals surface area contributed by atoms with Crippen LogP contribution in [0, 0.1) is 6.92 Å². The third-order valence-electron chi connectivity index (χ3n) is 2.75. The van der Waals surface area contributed by atoms with Crippen LogP contribution in [0.1, 0.15) is 19.4 Å². The second-order valence-corrected chi connectivity index (χ2v) is 4.86. The van der Waals surface area contributed by atoms with Crippen molar-refractivity contribution in [2.45, 2.75) is 25.7 Å². The van der Waals surface area contributed by atoms with Gasteiger partial charge in [-0.1, -0.05) is 12.1 Å². The van der Waals surface area contributed by atoms with Gasteiger partial charge in [-0.3, -0.25) is 4.79 Å². The quantitative estimate of drug-likeness (QED) is 0.647. The van der Waals surface area contributed by atoms with E-state index in [1.807, 2.05) is 43.9 Å². The average molecular weight is 252 g/mol. The van der Waals surface area contributed by atoms with Gasteiger partial charge in [0.15, 0.2) is 0 Å². The van der Waals surface area contributed by atoms with Crippen molar-refractivity contribution in [3.8, 4) is 0 Å². The molecule has 0 unspecified atom stereocenters. The maximum Gasteiger partial charge on any atom is 0.232 e. The van der Waals surface area contributed by atoms with E-state index in [1.165, 1.54) is 11.8 Å². The molecule has 94 valence electrons. The Bertz CT molecular complexity index is 389. The van der Waals surface area contributed by atoms with Crippen molar-refractivity contribution in [3.05, 3.63) is 23.8 Å². The molecule has 0 bridgehead atoms. The smallest absolute Gasteiger partial charge is 0.232 e. The number of nitrogen functional groups attached to an aromatic ring is 1. The van der Waals surface area contributed by atoms with E-state index in [0.29, 0.717) is 5.75 Å². The van der Waals surface area contributed by atoms with Crippen LogP contribution in [-0.2, 0) is 4.79 Å². The summed E-state index contributed by atoms with van der Waals surface area (Å²) in [7, 11) is 0. The number of amides is 1. The Morgan fingerprint density at radius 3 is 2.59 bits per heavy atom. The molecule has 2 N–H and O–H groups in total. The van der Waals surface area contributed by atoms with Gasteiger partial charge in [0.2, 0.25) is 5.91 Å². The fraction of sp³-hybridized carbons (Fsp3) is 0.462. The van der Waals surface area contributed by atoms with Crippen molar-refractivity contribution in [1.82, 2.24) is 4.90 Å². The maximum atomic E-state index is 11.8. The molecule has 1 aromatic carbocycles. The van der Waals surface area contributed by atoms with E-state index in [-0.39, 0.29) is 5.91 Å². The van der Waals surface area contributed by atoms with E-state index in [4.69, 9.17) is 5.73 Å². The second kappa shape index (κ2) is 6.55. The van der Waals surface area contributed by atoms with Crippen molar-refractivity contribution in [1.29, 1.82) is 0 Å². The predicted octanol–water partition coefficient (Wildman–Crippen LogP) is 2.54. The Kier molecular flexibility index (Phi) is 5.35. The molecule has 0 aliphatic rings. The van der Waals surface area contributed by atoms with Crippen LogP contribution in [0.25, 0.3) is 0 Å². The average Bonchev–Trinajstić information content (AvgIpc) is 2.32. The summed E-state index contributed by atoms with van der Waals surface area (Å²) < 4.78 is 0. The number of nitrogens with zero attached hydrogens (tertiary/aromatic N) is 1. The van der Waals surface area contributed by atoms with Crippen LogP contribution in [0.4, 0.5) is 5.69 Å². The molecule has 1 amide bonds. The van der Waals surface area contributed by atoms with E-state index < -0.39 is 0 Å². The largest absolute Gasteiger partial charge is 0.398 e. The molecule has 1 rings (SSSR count). The zero-order valence-electron chi connectivity index (χ0n) is 10.7. The van der Waals surface area contributed by atoms with Gasteiger partial charge in [0, 0.05) is 23.7 Å².